The van der Waals surface area contributed by atoms with Crippen molar-refractivity contribution in [1.82, 2.24) is 9.80 Å². The number of likely N-dealkylation sites (N-methyl/N-ethyl adjacent to an activating group) is 1. The van der Waals surface area contributed by atoms with E-state index in [-0.39, 0.29) is 30.6 Å². The molecule has 8 nitrogen and oxygen atoms in total. The van der Waals surface area contributed by atoms with Crippen molar-refractivity contribution in [2.75, 3.05) is 43.9 Å². The minimum atomic E-state index is -0.422. The van der Waals surface area contributed by atoms with Crippen LogP contribution in [0.5, 0.6) is 5.75 Å². The van der Waals surface area contributed by atoms with Gasteiger partial charge in [0.2, 0.25) is 0 Å². The molecule has 3 aromatic carbocycles. The average molecular weight is 531 g/mol. The Morgan fingerprint density at radius 3 is 2.51 bits per heavy atom. The molecule has 0 bridgehead atoms. The van der Waals surface area contributed by atoms with Gasteiger partial charge in [-0.1, -0.05) is 49.4 Å². The lowest BCUT2D eigenvalue weighted by Gasteiger charge is -2.38. The number of nitrogens with zero attached hydrogens (tertiary/aromatic N) is 2. The minimum Gasteiger partial charge on any atom is -0.486 e. The van der Waals surface area contributed by atoms with Gasteiger partial charge in [0.25, 0.3) is 5.91 Å². The molecule has 1 saturated carbocycles. The number of fused-ring (bicyclic) bond motifs is 2. The Labute approximate surface area is 229 Å². The number of nitrogens with one attached hydrogen (secondary N) is 2. The molecule has 0 aromatic heterocycles. The summed E-state index contributed by atoms with van der Waals surface area (Å²) in [7, 11) is 2.11. The highest BCUT2D eigenvalue weighted by Gasteiger charge is 2.35. The van der Waals surface area contributed by atoms with Gasteiger partial charge in [0.15, 0.2) is 5.75 Å². The standard InChI is InChI=1S/C31H38N4O4/c1-20-16-35(21(2)19-36)30(37)25-11-7-13-27(29(25)39-28(20)18-34(3)17-22-14-15-22)33-31(38)32-26-12-6-9-23-8-4-5-10-24(23)26/h4-13,20-22,28,36H,14-19H2,1-3H3,(H2,32,33,38)/t20-,21+,28+/m1/s1. The molecule has 1 aliphatic heterocycles. The van der Waals surface area contributed by atoms with Gasteiger partial charge in [0, 0.05) is 30.9 Å². The predicted molar refractivity (Wildman–Crippen MR) is 154 cm³/mol. The Morgan fingerprint density at radius 1 is 1.05 bits per heavy atom. The Morgan fingerprint density at radius 2 is 1.74 bits per heavy atom. The molecule has 0 radical (unpaired) electrons. The number of amides is 3. The monoisotopic (exact) mass is 530 g/mol. The van der Waals surface area contributed by atoms with Crippen LogP contribution in [0.4, 0.5) is 16.2 Å². The largest absolute Gasteiger partial charge is 0.486 e. The Bertz CT molecular complexity index is 1340. The van der Waals surface area contributed by atoms with E-state index in [2.05, 4.69) is 29.5 Å². The van der Waals surface area contributed by atoms with Crippen molar-refractivity contribution >= 4 is 34.1 Å². The highest BCUT2D eigenvalue weighted by molar-refractivity contribution is 6.08. The molecule has 0 unspecified atom stereocenters. The first kappa shape index (κ1) is 27.0. The van der Waals surface area contributed by atoms with Gasteiger partial charge < -0.3 is 30.3 Å². The molecule has 8 heteroatoms. The van der Waals surface area contributed by atoms with Crippen molar-refractivity contribution in [1.29, 1.82) is 0 Å². The van der Waals surface area contributed by atoms with Crippen molar-refractivity contribution in [3.8, 4) is 5.75 Å². The second-order valence-corrected chi connectivity index (χ2v) is 11.1. The molecule has 3 aromatic rings. The van der Waals surface area contributed by atoms with Crippen LogP contribution in [0.15, 0.2) is 60.7 Å². The van der Waals surface area contributed by atoms with E-state index in [4.69, 9.17) is 4.74 Å². The number of rotatable bonds is 8. The number of benzene rings is 3. The lowest BCUT2D eigenvalue weighted by molar-refractivity contribution is 0.0346. The third kappa shape index (κ3) is 6.18. The first-order valence-electron chi connectivity index (χ1n) is 13.8. The summed E-state index contributed by atoms with van der Waals surface area (Å²) in [6, 6.07) is 18.1. The molecule has 39 heavy (non-hydrogen) atoms. The number of hydrogen-bond acceptors (Lipinski definition) is 5. The van der Waals surface area contributed by atoms with Gasteiger partial charge in [0.1, 0.15) is 6.10 Å². The zero-order valence-electron chi connectivity index (χ0n) is 22.9. The van der Waals surface area contributed by atoms with E-state index >= 15 is 0 Å². The number of aliphatic hydroxyl groups is 1. The van der Waals surface area contributed by atoms with E-state index in [1.807, 2.05) is 49.4 Å². The van der Waals surface area contributed by atoms with Crippen molar-refractivity contribution in [3.63, 3.8) is 0 Å². The number of ether oxygens (including phenoxy) is 1. The number of para-hydroxylation sites is 1. The van der Waals surface area contributed by atoms with Crippen LogP contribution >= 0.6 is 0 Å². The second-order valence-electron chi connectivity index (χ2n) is 11.1. The lowest BCUT2D eigenvalue weighted by Crippen LogP contribution is -2.50. The fraction of sp³-hybridized carbons (Fsp3) is 0.419. The zero-order valence-corrected chi connectivity index (χ0v) is 22.9. The first-order valence-corrected chi connectivity index (χ1v) is 13.8. The number of carbonyl (C=O) groups is 2. The molecule has 3 atom stereocenters. The van der Waals surface area contributed by atoms with Crippen molar-refractivity contribution < 1.29 is 19.4 Å². The second kappa shape index (κ2) is 11.6. The number of urea groups is 1. The van der Waals surface area contributed by atoms with Crippen molar-refractivity contribution in [3.05, 3.63) is 66.2 Å². The van der Waals surface area contributed by atoms with E-state index < -0.39 is 6.03 Å². The normalized spacial score (nSPS) is 20.1. The molecular weight excluding hydrogens is 492 g/mol. The molecular formula is C31H38N4O4. The summed E-state index contributed by atoms with van der Waals surface area (Å²) in [6.45, 7) is 5.98. The summed E-state index contributed by atoms with van der Waals surface area (Å²) in [5.74, 6) is 0.896. The van der Waals surface area contributed by atoms with E-state index in [1.54, 1.807) is 23.1 Å². The highest BCUT2D eigenvalue weighted by Crippen LogP contribution is 2.36. The highest BCUT2D eigenvalue weighted by atomic mass is 16.5. The molecule has 206 valence electrons. The van der Waals surface area contributed by atoms with E-state index in [0.29, 0.717) is 35.8 Å². The predicted octanol–water partition coefficient (Wildman–Crippen LogP) is 5.05. The zero-order chi connectivity index (χ0) is 27.5. The lowest BCUT2D eigenvalue weighted by atomic mass is 9.99. The SMILES string of the molecule is C[C@@H]1CN([C@@H](C)CO)C(=O)c2cccc(NC(=O)Nc3cccc4ccccc34)c2O[C@H]1CN(C)CC1CC1. The summed E-state index contributed by atoms with van der Waals surface area (Å²) < 4.78 is 6.61. The Balaban J connectivity index is 1.44. The van der Waals surface area contributed by atoms with Crippen LogP contribution in [0.3, 0.4) is 0 Å². The van der Waals surface area contributed by atoms with Gasteiger partial charge in [-0.05, 0) is 56.3 Å². The van der Waals surface area contributed by atoms with Gasteiger partial charge in [-0.2, -0.15) is 0 Å². The van der Waals surface area contributed by atoms with Gasteiger partial charge >= 0.3 is 6.03 Å². The number of carbonyl (C=O) groups excluding carboxylic acids is 2. The fourth-order valence-electron chi connectivity index (χ4n) is 5.29. The molecule has 1 heterocycles. The molecule has 2 aliphatic rings. The molecule has 3 amide bonds. The Hall–Kier alpha value is -3.62. The summed E-state index contributed by atoms with van der Waals surface area (Å²) in [5, 5.41) is 17.8. The number of anilines is 2. The van der Waals surface area contributed by atoms with Crippen LogP contribution in [0.1, 0.15) is 37.0 Å². The third-order valence-corrected chi connectivity index (χ3v) is 7.74. The van der Waals surface area contributed by atoms with Crippen LogP contribution in [0, 0.1) is 11.8 Å². The molecule has 1 aliphatic carbocycles. The fourth-order valence-corrected chi connectivity index (χ4v) is 5.29. The quantitative estimate of drug-likeness (QED) is 0.379. The van der Waals surface area contributed by atoms with Gasteiger partial charge in [0.05, 0.1) is 29.6 Å². The summed E-state index contributed by atoms with van der Waals surface area (Å²) >= 11 is 0. The van der Waals surface area contributed by atoms with Gasteiger partial charge in [-0.25, -0.2) is 4.79 Å². The minimum absolute atomic E-state index is 0.00955. The molecule has 0 spiro atoms. The maximum Gasteiger partial charge on any atom is 0.323 e. The summed E-state index contributed by atoms with van der Waals surface area (Å²) in [6.07, 6.45) is 2.33. The van der Waals surface area contributed by atoms with Gasteiger partial charge in [-0.3, -0.25) is 4.79 Å². The molecule has 1 fully saturated rings. The number of aliphatic hydroxyl groups excluding tert-OH is 1. The van der Waals surface area contributed by atoms with E-state index in [9.17, 15) is 14.7 Å². The van der Waals surface area contributed by atoms with E-state index in [0.717, 1.165) is 23.2 Å². The van der Waals surface area contributed by atoms with Crippen LogP contribution in [-0.4, -0.2) is 72.3 Å². The smallest absolute Gasteiger partial charge is 0.323 e. The maximum atomic E-state index is 13.7. The van der Waals surface area contributed by atoms with Crippen molar-refractivity contribution in [2.45, 2.75) is 38.8 Å². The molecule has 5 rings (SSSR count). The van der Waals surface area contributed by atoms with Crippen LogP contribution in [-0.2, 0) is 0 Å². The number of hydrogen-bond donors (Lipinski definition) is 3. The maximum absolute atomic E-state index is 13.7. The summed E-state index contributed by atoms with van der Waals surface area (Å²) in [4.78, 5) is 30.9. The van der Waals surface area contributed by atoms with Crippen molar-refractivity contribution in [2.24, 2.45) is 11.8 Å². The first-order chi connectivity index (χ1) is 18.8. The third-order valence-electron chi connectivity index (χ3n) is 7.74. The van der Waals surface area contributed by atoms with E-state index in [1.165, 1.54) is 12.8 Å². The van der Waals surface area contributed by atoms with Crippen LogP contribution in [0.25, 0.3) is 10.8 Å². The molecule has 0 saturated heterocycles. The van der Waals surface area contributed by atoms with Crippen LogP contribution < -0.4 is 15.4 Å². The Kier molecular flexibility index (Phi) is 8.04. The van der Waals surface area contributed by atoms with Gasteiger partial charge in [-0.15, -0.1) is 0 Å². The molecule has 3 N–H and O–H groups in total. The topological polar surface area (TPSA) is 94.1 Å². The average Bonchev–Trinajstić information content (AvgIpc) is 3.74. The van der Waals surface area contributed by atoms with Crippen LogP contribution in [0.2, 0.25) is 0 Å². The summed E-state index contributed by atoms with van der Waals surface area (Å²) in [5.41, 5.74) is 1.50.